The predicted molar refractivity (Wildman–Crippen MR) is 131 cm³/mol. The Balaban J connectivity index is 1.74. The zero-order chi connectivity index (χ0) is 22.7. The van der Waals surface area contributed by atoms with Crippen LogP contribution in [0.25, 0.3) is 11.1 Å². The Bertz CT molecular complexity index is 1080. The highest BCUT2D eigenvalue weighted by atomic mass is 16.5. The number of aromatic nitrogens is 1. The smallest absolute Gasteiger partial charge is 0.127 e. The van der Waals surface area contributed by atoms with Crippen molar-refractivity contribution in [1.29, 1.82) is 0 Å². The van der Waals surface area contributed by atoms with E-state index in [0.717, 1.165) is 71.8 Å². The molecule has 1 saturated heterocycles. The Kier molecular flexibility index (Phi) is 6.31. The first-order valence-corrected chi connectivity index (χ1v) is 11.4. The van der Waals surface area contributed by atoms with Crippen LogP contribution in [0.15, 0.2) is 54.6 Å². The maximum Gasteiger partial charge on any atom is 0.127 e. The molecule has 4 heteroatoms. The molecule has 0 N–H and O–H groups in total. The molecule has 2 heterocycles. The monoisotopic (exact) mass is 428 g/mol. The van der Waals surface area contributed by atoms with Gasteiger partial charge in [-0.05, 0) is 61.9 Å². The van der Waals surface area contributed by atoms with E-state index in [9.17, 15) is 4.79 Å². The van der Waals surface area contributed by atoms with Crippen LogP contribution < -0.4 is 9.64 Å². The molecule has 3 aromatic rings. The summed E-state index contributed by atoms with van der Waals surface area (Å²) in [6.07, 6.45) is 3.66. The molecule has 1 aromatic heterocycles. The van der Waals surface area contributed by atoms with Crippen LogP contribution >= 0.6 is 0 Å². The Morgan fingerprint density at radius 2 is 1.56 bits per heavy atom. The van der Waals surface area contributed by atoms with Crippen LogP contribution in [-0.4, -0.2) is 24.4 Å². The second-order valence-electron chi connectivity index (χ2n) is 9.45. The fourth-order valence-electron chi connectivity index (χ4n) is 4.54. The molecule has 0 aliphatic carbocycles. The number of piperidine rings is 1. The van der Waals surface area contributed by atoms with Crippen molar-refractivity contribution in [3.8, 4) is 22.6 Å². The molecule has 0 spiro atoms. The van der Waals surface area contributed by atoms with Crippen molar-refractivity contribution in [1.82, 2.24) is 4.98 Å². The van der Waals surface area contributed by atoms with Crippen molar-refractivity contribution < 1.29 is 9.53 Å². The van der Waals surface area contributed by atoms with E-state index in [1.165, 1.54) is 5.69 Å². The summed E-state index contributed by atoms with van der Waals surface area (Å²) < 4.78 is 5.98. The largest absolute Gasteiger partial charge is 0.457 e. The van der Waals surface area contributed by atoms with Crippen molar-refractivity contribution in [2.75, 3.05) is 18.0 Å². The van der Waals surface area contributed by atoms with Crippen molar-refractivity contribution in [3.05, 3.63) is 71.5 Å². The van der Waals surface area contributed by atoms with Gasteiger partial charge in [-0.2, -0.15) is 0 Å². The second-order valence-corrected chi connectivity index (χ2v) is 9.45. The third-order valence-electron chi connectivity index (χ3n) is 6.50. The van der Waals surface area contributed by atoms with Gasteiger partial charge in [-0.3, -0.25) is 4.98 Å². The van der Waals surface area contributed by atoms with E-state index in [4.69, 9.17) is 9.72 Å². The van der Waals surface area contributed by atoms with E-state index in [0.29, 0.717) is 11.8 Å². The molecule has 1 fully saturated rings. The van der Waals surface area contributed by atoms with Gasteiger partial charge in [-0.25, -0.2) is 0 Å². The number of hydrogen-bond donors (Lipinski definition) is 0. The Morgan fingerprint density at radius 3 is 2.19 bits per heavy atom. The Hall–Kier alpha value is -3.14. The van der Waals surface area contributed by atoms with Crippen LogP contribution in [0, 0.1) is 19.3 Å². The summed E-state index contributed by atoms with van der Waals surface area (Å²) in [5.74, 6) is 1.62. The average Bonchev–Trinajstić information content (AvgIpc) is 2.77. The maximum absolute atomic E-state index is 11.6. The van der Waals surface area contributed by atoms with Crippen LogP contribution in [0.3, 0.4) is 0 Å². The molecule has 1 aliphatic heterocycles. The molecule has 4 nitrogen and oxygen atoms in total. The molecule has 32 heavy (non-hydrogen) atoms. The van der Waals surface area contributed by atoms with E-state index in [1.54, 1.807) is 0 Å². The number of carbonyl (C=O) groups excluding carboxylic acids is 1. The van der Waals surface area contributed by atoms with Crippen LogP contribution in [0.2, 0.25) is 0 Å². The predicted octanol–water partition coefficient (Wildman–Crippen LogP) is 6.53. The second kappa shape index (κ2) is 9.15. The molecule has 0 saturated carbocycles. The number of para-hydroxylation sites is 1. The number of benzene rings is 2. The van der Waals surface area contributed by atoms with Crippen molar-refractivity contribution in [3.63, 3.8) is 0 Å². The molecule has 0 bridgehead atoms. The third-order valence-corrected chi connectivity index (χ3v) is 6.50. The van der Waals surface area contributed by atoms with Crippen molar-refractivity contribution >= 4 is 12.0 Å². The van der Waals surface area contributed by atoms with Gasteiger partial charge in [-0.15, -0.1) is 0 Å². The first kappa shape index (κ1) is 22.1. The molecule has 1 aliphatic rings. The SMILES string of the molecule is Cc1nc(C)c(-c2ccc(Oc3ccccc3)cc2)c(N2CCC(C)(C)CC2)c1CC=O. The molecule has 0 radical (unpaired) electrons. The fourth-order valence-corrected chi connectivity index (χ4v) is 4.54. The number of pyridine rings is 1. The van der Waals surface area contributed by atoms with Crippen molar-refractivity contribution in [2.45, 2.75) is 47.0 Å². The molecule has 2 aromatic carbocycles. The minimum Gasteiger partial charge on any atom is -0.457 e. The summed E-state index contributed by atoms with van der Waals surface area (Å²) in [6.45, 7) is 10.7. The van der Waals surface area contributed by atoms with Gasteiger partial charge in [0.15, 0.2) is 0 Å². The first-order valence-electron chi connectivity index (χ1n) is 11.4. The van der Waals surface area contributed by atoms with Gasteiger partial charge in [0.1, 0.15) is 17.8 Å². The van der Waals surface area contributed by atoms with E-state index in [2.05, 4.69) is 37.8 Å². The minimum absolute atomic E-state index is 0.356. The highest BCUT2D eigenvalue weighted by Crippen LogP contribution is 2.41. The summed E-state index contributed by atoms with van der Waals surface area (Å²) >= 11 is 0. The minimum atomic E-state index is 0.356. The standard InChI is InChI=1S/C28H32N2O2/c1-20-25(14-19-31)27(30-17-15-28(3,4)16-18-30)26(21(2)29-20)22-10-12-24(13-11-22)32-23-8-6-5-7-9-23/h5-13,19H,14-18H2,1-4H3. The quantitative estimate of drug-likeness (QED) is 0.419. The first-order chi connectivity index (χ1) is 15.4. The lowest BCUT2D eigenvalue weighted by Gasteiger charge is -2.40. The van der Waals surface area contributed by atoms with Gasteiger partial charge in [0.05, 0.1) is 5.69 Å². The summed E-state index contributed by atoms with van der Waals surface area (Å²) in [4.78, 5) is 18.8. The Labute approximate surface area is 191 Å². The molecular formula is C28H32N2O2. The van der Waals surface area contributed by atoms with Crippen LogP contribution in [-0.2, 0) is 11.2 Å². The molecule has 0 unspecified atom stereocenters. The van der Waals surface area contributed by atoms with Crippen LogP contribution in [0.4, 0.5) is 5.69 Å². The number of nitrogens with zero attached hydrogens (tertiary/aromatic N) is 2. The number of hydrogen-bond acceptors (Lipinski definition) is 4. The zero-order valence-corrected chi connectivity index (χ0v) is 19.5. The maximum atomic E-state index is 11.6. The van der Waals surface area contributed by atoms with Gasteiger partial charge < -0.3 is 14.4 Å². The van der Waals surface area contributed by atoms with E-state index >= 15 is 0 Å². The van der Waals surface area contributed by atoms with Crippen LogP contribution in [0.1, 0.15) is 43.6 Å². The molecule has 0 atom stereocenters. The molecule has 166 valence electrons. The highest BCUT2D eigenvalue weighted by Gasteiger charge is 2.29. The normalized spacial score (nSPS) is 15.4. The number of ether oxygens (including phenoxy) is 1. The summed E-state index contributed by atoms with van der Waals surface area (Å²) in [7, 11) is 0. The zero-order valence-electron chi connectivity index (χ0n) is 19.5. The van der Waals surface area contributed by atoms with Gasteiger partial charge in [-0.1, -0.05) is 44.2 Å². The number of aryl methyl sites for hydroxylation is 2. The molecule has 4 rings (SSSR count). The van der Waals surface area contributed by atoms with Crippen LogP contribution in [0.5, 0.6) is 11.5 Å². The number of carbonyl (C=O) groups is 1. The Morgan fingerprint density at radius 1 is 0.938 bits per heavy atom. The lowest BCUT2D eigenvalue weighted by molar-refractivity contribution is -0.107. The number of anilines is 1. The fraction of sp³-hybridized carbons (Fsp3) is 0.357. The number of aldehydes is 1. The molecule has 0 amide bonds. The van der Waals surface area contributed by atoms with Crippen molar-refractivity contribution in [2.24, 2.45) is 5.41 Å². The van der Waals surface area contributed by atoms with Gasteiger partial charge in [0.25, 0.3) is 0 Å². The summed E-state index contributed by atoms with van der Waals surface area (Å²) in [5, 5.41) is 0. The average molecular weight is 429 g/mol. The topological polar surface area (TPSA) is 42.4 Å². The summed E-state index contributed by atoms with van der Waals surface area (Å²) in [6, 6.07) is 18.0. The lowest BCUT2D eigenvalue weighted by atomic mass is 9.82. The summed E-state index contributed by atoms with van der Waals surface area (Å²) in [5.41, 5.74) is 6.74. The molecular weight excluding hydrogens is 396 g/mol. The van der Waals surface area contributed by atoms with E-state index in [1.807, 2.05) is 49.4 Å². The third kappa shape index (κ3) is 4.69. The van der Waals surface area contributed by atoms with E-state index < -0.39 is 0 Å². The van der Waals surface area contributed by atoms with Gasteiger partial charge >= 0.3 is 0 Å². The number of rotatable bonds is 6. The van der Waals surface area contributed by atoms with Gasteiger partial charge in [0.2, 0.25) is 0 Å². The van der Waals surface area contributed by atoms with E-state index in [-0.39, 0.29) is 0 Å². The van der Waals surface area contributed by atoms with Gasteiger partial charge in [0, 0.05) is 42.0 Å². The lowest BCUT2D eigenvalue weighted by Crippen LogP contribution is -2.38. The highest BCUT2D eigenvalue weighted by molar-refractivity contribution is 5.85.